The van der Waals surface area contributed by atoms with Gasteiger partial charge in [0.1, 0.15) is 0 Å². The van der Waals surface area contributed by atoms with Crippen molar-refractivity contribution in [3.8, 4) is 0 Å². The summed E-state index contributed by atoms with van der Waals surface area (Å²) < 4.78 is 0. The number of nitrogens with one attached hydrogen (secondary N) is 1. The van der Waals surface area contributed by atoms with Gasteiger partial charge < -0.3 is 5.32 Å². The van der Waals surface area contributed by atoms with Crippen LogP contribution in [0.5, 0.6) is 0 Å². The number of hydrogen-bond acceptors (Lipinski definition) is 3. The van der Waals surface area contributed by atoms with E-state index in [1.165, 1.54) is 44.1 Å². The number of piperidine rings is 1. The Hall–Kier alpha value is -1.59. The molecule has 3 aliphatic carbocycles. The molecule has 4 rings (SSSR count). The molecule has 0 aromatic rings. The van der Waals surface area contributed by atoms with Gasteiger partial charge in [0.25, 0.3) is 0 Å². The van der Waals surface area contributed by atoms with Crippen molar-refractivity contribution in [2.45, 2.75) is 91.5 Å². The van der Waals surface area contributed by atoms with Gasteiger partial charge in [-0.1, -0.05) is 34.1 Å². The molecule has 0 aromatic carbocycles. The SMILES string of the molecule is CC(C)CNC(=O)N(C)C(=O)N1C(=O)CC[C@@]2(C)C1CC[C@@H]1[C@H]2CC[C@]2(C)CCC[C@@H]12. The van der Waals surface area contributed by atoms with Crippen LogP contribution >= 0.6 is 0 Å². The zero-order valence-corrected chi connectivity index (χ0v) is 20.1. The van der Waals surface area contributed by atoms with Crippen LogP contribution in [0.2, 0.25) is 0 Å². The molecule has 3 saturated carbocycles. The first kappa shape index (κ1) is 22.6. The molecule has 1 N–H and O–H groups in total. The fourth-order valence-electron chi connectivity index (χ4n) is 7.77. The maximum absolute atomic E-state index is 13.4. The van der Waals surface area contributed by atoms with Gasteiger partial charge in [0.2, 0.25) is 5.91 Å². The van der Waals surface area contributed by atoms with Crippen molar-refractivity contribution >= 4 is 18.0 Å². The lowest BCUT2D eigenvalue weighted by Crippen LogP contribution is -2.65. The smallest absolute Gasteiger partial charge is 0.334 e. The van der Waals surface area contributed by atoms with Crippen LogP contribution in [0.3, 0.4) is 0 Å². The summed E-state index contributed by atoms with van der Waals surface area (Å²) in [6, 6.07) is -0.970. The molecule has 6 heteroatoms. The summed E-state index contributed by atoms with van der Waals surface area (Å²) in [6.07, 6.45) is 9.81. The summed E-state index contributed by atoms with van der Waals surface area (Å²) in [4.78, 5) is 41.4. The third-order valence-electron chi connectivity index (χ3n) is 9.52. The van der Waals surface area contributed by atoms with E-state index < -0.39 is 12.1 Å². The molecule has 31 heavy (non-hydrogen) atoms. The Morgan fingerprint density at radius 3 is 2.55 bits per heavy atom. The molecule has 1 heterocycles. The van der Waals surface area contributed by atoms with Gasteiger partial charge in [0.15, 0.2) is 0 Å². The summed E-state index contributed by atoms with van der Waals surface area (Å²) in [5.41, 5.74) is 0.463. The Balaban J connectivity index is 1.55. The number of imide groups is 2. The van der Waals surface area contributed by atoms with Gasteiger partial charge in [-0.3, -0.25) is 9.69 Å². The van der Waals surface area contributed by atoms with Crippen molar-refractivity contribution in [3.05, 3.63) is 0 Å². The number of carbonyl (C=O) groups excluding carboxylic acids is 3. The van der Waals surface area contributed by atoms with Crippen LogP contribution in [-0.4, -0.2) is 47.4 Å². The van der Waals surface area contributed by atoms with Gasteiger partial charge in [-0.2, -0.15) is 0 Å². The van der Waals surface area contributed by atoms with Crippen LogP contribution in [0.25, 0.3) is 0 Å². The first-order chi connectivity index (χ1) is 14.6. The van der Waals surface area contributed by atoms with E-state index in [1.54, 1.807) is 0 Å². The van der Waals surface area contributed by atoms with Gasteiger partial charge >= 0.3 is 12.1 Å². The predicted octanol–water partition coefficient (Wildman–Crippen LogP) is 5.03. The maximum atomic E-state index is 13.4. The Labute approximate surface area is 187 Å². The molecule has 0 aromatic heterocycles. The summed E-state index contributed by atoms with van der Waals surface area (Å²) >= 11 is 0. The molecular weight excluding hydrogens is 390 g/mol. The Morgan fingerprint density at radius 1 is 1.10 bits per heavy atom. The summed E-state index contributed by atoms with van der Waals surface area (Å²) in [5.74, 6) is 2.28. The van der Waals surface area contributed by atoms with E-state index in [4.69, 9.17) is 0 Å². The van der Waals surface area contributed by atoms with E-state index in [1.807, 2.05) is 13.8 Å². The summed E-state index contributed by atoms with van der Waals surface area (Å²) in [6.45, 7) is 9.37. The highest BCUT2D eigenvalue weighted by molar-refractivity contribution is 6.02. The third kappa shape index (κ3) is 3.68. The van der Waals surface area contributed by atoms with Crippen molar-refractivity contribution in [1.29, 1.82) is 0 Å². The standard InChI is InChI=1S/C25H41N3O3/c1-16(2)15-26-22(30)27(5)23(31)28-20-9-8-17-18-7-6-12-24(18,3)13-10-19(17)25(20,4)14-11-21(28)29/h16-20H,6-15H2,1-5H3,(H,26,30)/t17-,18-,19+,20?,24-,25+/m0/s1. The molecule has 174 valence electrons. The summed E-state index contributed by atoms with van der Waals surface area (Å²) in [7, 11) is 1.49. The van der Waals surface area contributed by atoms with Crippen LogP contribution in [0.15, 0.2) is 0 Å². The average Bonchev–Trinajstić information content (AvgIpc) is 3.13. The fourth-order valence-corrected chi connectivity index (χ4v) is 7.77. The van der Waals surface area contributed by atoms with Crippen LogP contribution < -0.4 is 5.32 Å². The largest absolute Gasteiger partial charge is 0.337 e. The number of rotatable bonds is 2. The second-order valence-electron chi connectivity index (χ2n) is 11.7. The average molecular weight is 432 g/mol. The van der Waals surface area contributed by atoms with Crippen molar-refractivity contribution in [3.63, 3.8) is 0 Å². The van der Waals surface area contributed by atoms with E-state index in [9.17, 15) is 14.4 Å². The highest BCUT2D eigenvalue weighted by Gasteiger charge is 2.60. The van der Waals surface area contributed by atoms with Crippen LogP contribution in [0.4, 0.5) is 9.59 Å². The Bertz CT molecular complexity index is 752. The lowest BCUT2D eigenvalue weighted by atomic mass is 9.47. The number of carbonyl (C=O) groups is 3. The number of nitrogens with zero attached hydrogens (tertiary/aromatic N) is 2. The molecule has 4 aliphatic rings. The van der Waals surface area contributed by atoms with Crippen molar-refractivity contribution in [2.75, 3.05) is 13.6 Å². The zero-order valence-electron chi connectivity index (χ0n) is 20.1. The van der Waals surface area contributed by atoms with Gasteiger partial charge in [-0.25, -0.2) is 14.5 Å². The molecule has 0 bridgehead atoms. The van der Waals surface area contributed by atoms with E-state index >= 15 is 0 Å². The van der Waals surface area contributed by atoms with Gasteiger partial charge in [-0.15, -0.1) is 0 Å². The van der Waals surface area contributed by atoms with E-state index in [-0.39, 0.29) is 17.4 Å². The number of urea groups is 2. The van der Waals surface area contributed by atoms with Crippen molar-refractivity contribution < 1.29 is 14.4 Å². The van der Waals surface area contributed by atoms with Crippen LogP contribution in [0.1, 0.15) is 85.5 Å². The molecule has 0 spiro atoms. The lowest BCUT2D eigenvalue weighted by molar-refractivity contribution is -0.153. The molecule has 1 unspecified atom stereocenters. The molecule has 1 aliphatic heterocycles. The molecule has 4 fully saturated rings. The third-order valence-corrected chi connectivity index (χ3v) is 9.52. The van der Waals surface area contributed by atoms with Gasteiger partial charge in [-0.05, 0) is 79.4 Å². The van der Waals surface area contributed by atoms with E-state index in [0.29, 0.717) is 30.2 Å². The fraction of sp³-hybridized carbons (Fsp3) is 0.880. The molecule has 5 amide bonds. The van der Waals surface area contributed by atoms with Crippen LogP contribution in [-0.2, 0) is 4.79 Å². The number of amides is 5. The second-order valence-corrected chi connectivity index (χ2v) is 11.7. The van der Waals surface area contributed by atoms with E-state index in [2.05, 4.69) is 19.2 Å². The maximum Gasteiger partial charge on any atom is 0.334 e. The highest BCUT2D eigenvalue weighted by Crippen LogP contribution is 2.64. The van der Waals surface area contributed by atoms with Crippen molar-refractivity contribution in [2.24, 2.45) is 34.5 Å². The molecule has 6 nitrogen and oxygen atoms in total. The quantitative estimate of drug-likeness (QED) is 0.667. The highest BCUT2D eigenvalue weighted by atomic mass is 16.2. The lowest BCUT2D eigenvalue weighted by Gasteiger charge is -2.61. The minimum absolute atomic E-state index is 0.0361. The second kappa shape index (κ2) is 8.08. The Morgan fingerprint density at radius 2 is 1.84 bits per heavy atom. The van der Waals surface area contributed by atoms with Gasteiger partial charge in [0, 0.05) is 26.1 Å². The molecule has 1 saturated heterocycles. The van der Waals surface area contributed by atoms with Crippen molar-refractivity contribution in [1.82, 2.24) is 15.1 Å². The topological polar surface area (TPSA) is 69.7 Å². The van der Waals surface area contributed by atoms with E-state index in [0.717, 1.165) is 36.0 Å². The number of likely N-dealkylation sites (tertiary alicyclic amines) is 1. The predicted molar refractivity (Wildman–Crippen MR) is 120 cm³/mol. The number of fused-ring (bicyclic) bond motifs is 5. The molecular formula is C25H41N3O3. The minimum atomic E-state index is -0.456. The molecule has 0 radical (unpaired) electrons. The first-order valence-corrected chi connectivity index (χ1v) is 12.5. The first-order valence-electron chi connectivity index (χ1n) is 12.5. The monoisotopic (exact) mass is 431 g/mol. The normalized spacial score (nSPS) is 39.5. The van der Waals surface area contributed by atoms with Gasteiger partial charge in [0.05, 0.1) is 0 Å². The minimum Gasteiger partial charge on any atom is -0.337 e. The Kier molecular flexibility index (Phi) is 5.89. The zero-order chi connectivity index (χ0) is 22.6. The number of hydrogen-bond donors (Lipinski definition) is 1. The summed E-state index contributed by atoms with van der Waals surface area (Å²) in [5, 5.41) is 2.80. The molecule has 6 atom stereocenters. The van der Waals surface area contributed by atoms with Crippen LogP contribution in [0, 0.1) is 34.5 Å².